The monoisotopic (exact) mass is 393 g/mol. The van der Waals surface area contributed by atoms with Crippen molar-refractivity contribution >= 4 is 15.9 Å². The fourth-order valence-electron chi connectivity index (χ4n) is 2.76. The number of nitrogens with zero attached hydrogens (tertiary/aromatic N) is 1. The molecule has 1 heterocycles. The Hall–Kier alpha value is -2.16. The molecule has 0 fully saturated rings. The molecule has 1 aromatic carbocycles. The maximum absolute atomic E-state index is 12.3. The summed E-state index contributed by atoms with van der Waals surface area (Å²) in [6.45, 7) is 4.80. The normalized spacial score (nSPS) is 13.1. The van der Waals surface area contributed by atoms with Crippen LogP contribution in [0.3, 0.4) is 0 Å². The van der Waals surface area contributed by atoms with Crippen molar-refractivity contribution in [2.75, 3.05) is 20.6 Å². The standard InChI is InChI=1S/C19H27N3O4S/c1-14(2)18(22(3)4)13-20-19(23)15-7-9-17(10-8-15)27(24,25)21-12-16-6-5-11-26-16/h5-11,14,18,21H,12-13H2,1-4H3,(H,20,23). The number of carbonyl (C=O) groups excluding carboxylic acids is 1. The van der Waals surface area contributed by atoms with Crippen LogP contribution in [0.25, 0.3) is 0 Å². The number of hydrogen-bond acceptors (Lipinski definition) is 5. The van der Waals surface area contributed by atoms with Gasteiger partial charge in [-0.3, -0.25) is 4.79 Å². The van der Waals surface area contributed by atoms with Crippen LogP contribution >= 0.6 is 0 Å². The first kappa shape index (κ1) is 21.1. The van der Waals surface area contributed by atoms with Crippen molar-refractivity contribution in [2.45, 2.75) is 31.3 Å². The minimum atomic E-state index is -3.68. The van der Waals surface area contributed by atoms with Crippen molar-refractivity contribution in [1.82, 2.24) is 14.9 Å². The summed E-state index contributed by atoms with van der Waals surface area (Å²) in [4.78, 5) is 14.5. The maximum atomic E-state index is 12.3. The summed E-state index contributed by atoms with van der Waals surface area (Å²) in [5, 5.41) is 2.91. The molecule has 0 aliphatic rings. The van der Waals surface area contributed by atoms with E-state index in [9.17, 15) is 13.2 Å². The third kappa shape index (κ3) is 5.92. The highest BCUT2D eigenvalue weighted by Gasteiger charge is 2.18. The molecule has 2 N–H and O–H groups in total. The molecule has 2 aromatic rings. The second-order valence-corrected chi connectivity index (χ2v) is 8.68. The quantitative estimate of drug-likeness (QED) is 0.681. The molecule has 1 atom stereocenters. The van der Waals surface area contributed by atoms with Crippen LogP contribution in [0, 0.1) is 5.92 Å². The average Bonchev–Trinajstić information content (AvgIpc) is 3.13. The molecule has 27 heavy (non-hydrogen) atoms. The number of amides is 1. The van der Waals surface area contributed by atoms with Crippen LogP contribution in [0.15, 0.2) is 52.0 Å². The largest absolute Gasteiger partial charge is 0.468 e. The average molecular weight is 394 g/mol. The lowest BCUT2D eigenvalue weighted by molar-refractivity contribution is 0.0934. The van der Waals surface area contributed by atoms with Crippen molar-refractivity contribution in [3.63, 3.8) is 0 Å². The maximum Gasteiger partial charge on any atom is 0.251 e. The molecule has 148 valence electrons. The van der Waals surface area contributed by atoms with Gasteiger partial charge in [-0.1, -0.05) is 13.8 Å². The van der Waals surface area contributed by atoms with Gasteiger partial charge in [-0.2, -0.15) is 0 Å². The molecule has 2 rings (SSSR count). The van der Waals surface area contributed by atoms with Crippen molar-refractivity contribution in [3.05, 3.63) is 54.0 Å². The van der Waals surface area contributed by atoms with E-state index < -0.39 is 10.0 Å². The van der Waals surface area contributed by atoms with E-state index in [0.717, 1.165) is 0 Å². The number of likely N-dealkylation sites (N-methyl/N-ethyl adjacent to an activating group) is 1. The van der Waals surface area contributed by atoms with E-state index in [1.807, 2.05) is 14.1 Å². The summed E-state index contributed by atoms with van der Waals surface area (Å²) in [5.41, 5.74) is 0.418. The summed E-state index contributed by atoms with van der Waals surface area (Å²) in [5.74, 6) is 0.693. The fraction of sp³-hybridized carbons (Fsp3) is 0.421. The van der Waals surface area contributed by atoms with Gasteiger partial charge in [-0.05, 0) is 56.4 Å². The van der Waals surface area contributed by atoms with Gasteiger partial charge < -0.3 is 14.6 Å². The molecule has 0 saturated carbocycles. The second kappa shape index (κ2) is 9.16. The van der Waals surface area contributed by atoms with Crippen LogP contribution in [-0.4, -0.2) is 45.9 Å². The molecule has 1 amide bonds. The van der Waals surface area contributed by atoms with Crippen LogP contribution in [0.5, 0.6) is 0 Å². The Morgan fingerprint density at radius 2 is 1.81 bits per heavy atom. The molecular formula is C19H27N3O4S. The van der Waals surface area contributed by atoms with E-state index >= 15 is 0 Å². The van der Waals surface area contributed by atoms with E-state index in [-0.39, 0.29) is 23.4 Å². The molecule has 0 aliphatic heterocycles. The summed E-state index contributed by atoms with van der Waals surface area (Å²) in [6.07, 6.45) is 1.48. The fourth-order valence-corrected chi connectivity index (χ4v) is 3.76. The molecule has 0 saturated heterocycles. The molecule has 0 aliphatic carbocycles. The molecule has 1 unspecified atom stereocenters. The Morgan fingerprint density at radius 3 is 2.33 bits per heavy atom. The number of carbonyl (C=O) groups is 1. The van der Waals surface area contributed by atoms with Gasteiger partial charge in [-0.15, -0.1) is 0 Å². The molecule has 0 radical (unpaired) electrons. The molecule has 0 bridgehead atoms. The zero-order valence-electron chi connectivity index (χ0n) is 16.1. The lowest BCUT2D eigenvalue weighted by Crippen LogP contribution is -2.43. The SMILES string of the molecule is CC(C)C(CNC(=O)c1ccc(S(=O)(=O)NCc2ccco2)cc1)N(C)C. The van der Waals surface area contributed by atoms with Gasteiger partial charge in [0, 0.05) is 18.2 Å². The number of nitrogens with one attached hydrogen (secondary N) is 2. The first-order valence-corrected chi connectivity index (χ1v) is 10.3. The van der Waals surface area contributed by atoms with E-state index in [1.54, 1.807) is 12.1 Å². The Morgan fingerprint density at radius 1 is 1.15 bits per heavy atom. The second-order valence-electron chi connectivity index (χ2n) is 6.91. The minimum Gasteiger partial charge on any atom is -0.468 e. The number of furan rings is 1. The highest BCUT2D eigenvalue weighted by molar-refractivity contribution is 7.89. The van der Waals surface area contributed by atoms with E-state index in [2.05, 4.69) is 28.8 Å². The van der Waals surface area contributed by atoms with Gasteiger partial charge in [-0.25, -0.2) is 13.1 Å². The number of sulfonamides is 1. The number of hydrogen-bond donors (Lipinski definition) is 2. The first-order chi connectivity index (χ1) is 12.7. The Kier molecular flexibility index (Phi) is 7.18. The first-order valence-electron chi connectivity index (χ1n) is 8.77. The summed E-state index contributed by atoms with van der Waals surface area (Å²) in [7, 11) is 0.281. The number of benzene rings is 1. The third-order valence-electron chi connectivity index (χ3n) is 4.35. The van der Waals surface area contributed by atoms with Crippen LogP contribution in [0.4, 0.5) is 0 Å². The van der Waals surface area contributed by atoms with E-state index in [1.165, 1.54) is 30.5 Å². The summed E-state index contributed by atoms with van der Waals surface area (Å²) < 4.78 is 32.2. The topological polar surface area (TPSA) is 91.6 Å². The minimum absolute atomic E-state index is 0.0682. The van der Waals surface area contributed by atoms with Crippen molar-refractivity contribution in [2.24, 2.45) is 5.92 Å². The zero-order chi connectivity index (χ0) is 20.0. The van der Waals surface area contributed by atoms with Crippen molar-refractivity contribution in [3.8, 4) is 0 Å². The Labute approximate surface area is 160 Å². The molecule has 7 nitrogen and oxygen atoms in total. The van der Waals surface area contributed by atoms with Crippen LogP contribution < -0.4 is 10.0 Å². The molecule has 1 aromatic heterocycles. The van der Waals surface area contributed by atoms with E-state index in [4.69, 9.17) is 4.42 Å². The lowest BCUT2D eigenvalue weighted by atomic mass is 10.0. The van der Waals surface area contributed by atoms with Gasteiger partial charge in [0.25, 0.3) is 5.91 Å². The van der Waals surface area contributed by atoms with Gasteiger partial charge in [0.2, 0.25) is 10.0 Å². The highest BCUT2D eigenvalue weighted by atomic mass is 32.2. The Bertz CT molecular complexity index is 820. The van der Waals surface area contributed by atoms with Gasteiger partial charge in [0.1, 0.15) is 5.76 Å². The Balaban J connectivity index is 1.98. The van der Waals surface area contributed by atoms with Gasteiger partial charge >= 0.3 is 0 Å². The van der Waals surface area contributed by atoms with Crippen molar-refractivity contribution < 1.29 is 17.6 Å². The van der Waals surface area contributed by atoms with Crippen LogP contribution in [0.2, 0.25) is 0 Å². The van der Waals surface area contributed by atoms with Gasteiger partial charge in [0.05, 0.1) is 17.7 Å². The predicted molar refractivity (Wildman–Crippen MR) is 104 cm³/mol. The predicted octanol–water partition coefficient (Wildman–Crippen LogP) is 2.07. The van der Waals surface area contributed by atoms with Gasteiger partial charge in [0.15, 0.2) is 0 Å². The molecule has 0 spiro atoms. The van der Waals surface area contributed by atoms with Crippen molar-refractivity contribution in [1.29, 1.82) is 0 Å². The summed E-state index contributed by atoms with van der Waals surface area (Å²) >= 11 is 0. The molecule has 8 heteroatoms. The van der Waals surface area contributed by atoms with Crippen LogP contribution in [-0.2, 0) is 16.6 Å². The van der Waals surface area contributed by atoms with Crippen LogP contribution in [0.1, 0.15) is 30.0 Å². The highest BCUT2D eigenvalue weighted by Crippen LogP contribution is 2.12. The number of rotatable bonds is 9. The third-order valence-corrected chi connectivity index (χ3v) is 5.77. The zero-order valence-corrected chi connectivity index (χ0v) is 16.9. The lowest BCUT2D eigenvalue weighted by Gasteiger charge is -2.28. The smallest absolute Gasteiger partial charge is 0.251 e. The van der Waals surface area contributed by atoms with E-state index in [0.29, 0.717) is 23.8 Å². The summed E-state index contributed by atoms with van der Waals surface area (Å²) in [6, 6.07) is 9.47. The molecular weight excluding hydrogens is 366 g/mol.